The van der Waals surface area contributed by atoms with E-state index in [4.69, 9.17) is 0 Å². The van der Waals surface area contributed by atoms with Crippen LogP contribution in [-0.4, -0.2) is 6.76 Å². The molecule has 0 amide bonds. The fourth-order valence-corrected chi connectivity index (χ4v) is 0. The van der Waals surface area contributed by atoms with Gasteiger partial charge in [0.25, 0.3) is 0 Å². The number of hydrogen-bond donors (Lipinski definition) is 0. The third-order valence-electron chi connectivity index (χ3n) is 0.500. The number of rotatable bonds is 1. The van der Waals surface area contributed by atoms with Crippen LogP contribution in [0.2, 0.25) is 0 Å². The highest BCUT2D eigenvalue weighted by Crippen LogP contribution is 1.78. The van der Waals surface area contributed by atoms with Crippen LogP contribution in [0.5, 0.6) is 0 Å². The van der Waals surface area contributed by atoms with Crippen LogP contribution < -0.4 is 0 Å². The van der Waals surface area contributed by atoms with E-state index in [0.717, 1.165) is 0 Å². The topological polar surface area (TPSA) is 0 Å². The second-order valence-electron chi connectivity index (χ2n) is 1.10. The number of halogens is 2. The summed E-state index contributed by atoms with van der Waals surface area (Å²) in [5.41, 5.74) is 0. The summed E-state index contributed by atoms with van der Waals surface area (Å²) in [5, 5.41) is 0. The van der Waals surface area contributed by atoms with E-state index in [-0.39, 0.29) is 6.76 Å². The summed E-state index contributed by atoms with van der Waals surface area (Å²) in [6.07, 6.45) is 2.64. The van der Waals surface area contributed by atoms with Crippen LogP contribution in [-0.2, 0) is 0 Å². The molecule has 0 unspecified atom stereocenters. The van der Waals surface area contributed by atoms with Gasteiger partial charge in [-0.2, -0.15) is 0 Å². The van der Waals surface area contributed by atoms with Crippen molar-refractivity contribution in [2.24, 2.45) is 0 Å². The SMILES string of the molecule is Br[SiH2]Br.CCCC. The molecule has 3 heteroatoms. The van der Waals surface area contributed by atoms with Crippen LogP contribution in [0.1, 0.15) is 26.7 Å². The predicted molar refractivity (Wildman–Crippen MR) is 47.0 cm³/mol. The molecule has 0 saturated carbocycles. The lowest BCUT2D eigenvalue weighted by molar-refractivity contribution is 0.886. The van der Waals surface area contributed by atoms with Crippen LogP contribution in [0.4, 0.5) is 0 Å². The van der Waals surface area contributed by atoms with Gasteiger partial charge in [-0.1, -0.05) is 26.7 Å². The Kier molecular flexibility index (Phi) is 24.8. The largest absolute Gasteiger partial charge is 0.171 e. The van der Waals surface area contributed by atoms with Crippen molar-refractivity contribution in [2.45, 2.75) is 26.7 Å². The number of unbranched alkanes of at least 4 members (excludes halogenated alkanes) is 1. The average Bonchev–Trinajstić information content (AvgIpc) is 1.69. The first-order valence-electron chi connectivity index (χ1n) is 2.45. The van der Waals surface area contributed by atoms with E-state index in [1.165, 1.54) is 12.8 Å². The molecule has 0 spiro atoms. The predicted octanol–water partition coefficient (Wildman–Crippen LogP) is 2.58. The van der Waals surface area contributed by atoms with Crippen molar-refractivity contribution in [3.05, 3.63) is 0 Å². The van der Waals surface area contributed by atoms with Gasteiger partial charge in [-0.25, -0.2) is 0 Å². The summed E-state index contributed by atoms with van der Waals surface area (Å²) in [5.74, 6) is 0. The molecule has 46 valence electrons. The minimum absolute atomic E-state index is 0.0417. The molecule has 0 fully saturated rings. The molecular formula is C4H12Br2Si. The highest BCUT2D eigenvalue weighted by Gasteiger charge is 1.56. The molecule has 0 saturated heterocycles. The summed E-state index contributed by atoms with van der Waals surface area (Å²) < 4.78 is 0. The van der Waals surface area contributed by atoms with Gasteiger partial charge in [-0.05, 0) is 0 Å². The Hall–Kier alpha value is 1.18. The van der Waals surface area contributed by atoms with Gasteiger partial charge < -0.3 is 0 Å². The molecule has 0 rings (SSSR count). The zero-order valence-corrected chi connectivity index (χ0v) is 9.46. The zero-order chi connectivity index (χ0) is 6.12. The maximum absolute atomic E-state index is 3.20. The van der Waals surface area contributed by atoms with E-state index in [9.17, 15) is 0 Å². The van der Waals surface area contributed by atoms with Crippen molar-refractivity contribution in [3.8, 4) is 0 Å². The first-order chi connectivity index (χ1) is 3.33. The highest BCUT2D eigenvalue weighted by atomic mass is 79.9. The lowest BCUT2D eigenvalue weighted by atomic mass is 10.4. The highest BCUT2D eigenvalue weighted by molar-refractivity contribution is 9.47. The Morgan fingerprint density at radius 3 is 1.29 bits per heavy atom. The molecule has 0 aliphatic heterocycles. The third kappa shape index (κ3) is 40.6. The Morgan fingerprint density at radius 2 is 1.29 bits per heavy atom. The molecule has 0 aliphatic carbocycles. The van der Waals surface area contributed by atoms with Crippen molar-refractivity contribution in [3.63, 3.8) is 0 Å². The monoisotopic (exact) mass is 246 g/mol. The molecule has 0 aromatic rings. The van der Waals surface area contributed by atoms with E-state index in [1.54, 1.807) is 0 Å². The van der Waals surface area contributed by atoms with Crippen molar-refractivity contribution < 1.29 is 0 Å². The first-order valence-corrected chi connectivity index (χ1v) is 10.2. The van der Waals surface area contributed by atoms with E-state index >= 15 is 0 Å². The normalized spacial score (nSPS) is 6.86. The fourth-order valence-electron chi connectivity index (χ4n) is 0. The minimum atomic E-state index is 0.0417. The van der Waals surface area contributed by atoms with Gasteiger partial charge in [0.2, 0.25) is 0 Å². The first kappa shape index (κ1) is 11.0. The molecule has 0 aliphatic rings. The van der Waals surface area contributed by atoms with Gasteiger partial charge in [0, 0.05) is 0 Å². The molecule has 0 N–H and O–H groups in total. The Bertz CT molecular complexity index is 17.2. The average molecular weight is 248 g/mol. The molecule has 0 aromatic heterocycles. The van der Waals surface area contributed by atoms with Crippen molar-refractivity contribution in [2.75, 3.05) is 0 Å². The van der Waals surface area contributed by atoms with Crippen molar-refractivity contribution in [1.82, 2.24) is 0 Å². The molecule has 0 atom stereocenters. The van der Waals surface area contributed by atoms with Gasteiger partial charge in [0.05, 0.1) is 0 Å². The van der Waals surface area contributed by atoms with Crippen LogP contribution in [0.25, 0.3) is 0 Å². The smallest absolute Gasteiger partial charge is 0.120 e. The molecule has 0 nitrogen and oxygen atoms in total. The zero-order valence-electron chi connectivity index (χ0n) is 4.88. The second kappa shape index (κ2) is 15.7. The van der Waals surface area contributed by atoms with Gasteiger partial charge in [-0.15, -0.1) is 30.6 Å². The Balaban J connectivity index is 0. The molecule has 0 heterocycles. The minimum Gasteiger partial charge on any atom is -0.120 e. The molecule has 0 aromatic carbocycles. The maximum atomic E-state index is 3.20. The van der Waals surface area contributed by atoms with Gasteiger partial charge in [0.15, 0.2) is 6.76 Å². The summed E-state index contributed by atoms with van der Waals surface area (Å²) in [7, 11) is 0. The summed E-state index contributed by atoms with van der Waals surface area (Å²) in [4.78, 5) is 0. The van der Waals surface area contributed by atoms with Crippen molar-refractivity contribution >= 4 is 37.3 Å². The summed E-state index contributed by atoms with van der Waals surface area (Å²) >= 11 is 6.40. The Morgan fingerprint density at radius 1 is 1.14 bits per heavy atom. The standard InChI is InChI=1S/C4H10.Br2H2Si/c1-3-4-2;1-3-2/h3-4H2,1-2H3;3H2. The number of hydrogen-bond acceptors (Lipinski definition) is 0. The van der Waals surface area contributed by atoms with Gasteiger partial charge in [0.1, 0.15) is 0 Å². The lowest BCUT2D eigenvalue weighted by Gasteiger charge is -1.68. The Labute approximate surface area is 64.0 Å². The summed E-state index contributed by atoms with van der Waals surface area (Å²) in [6.45, 7) is 4.40. The van der Waals surface area contributed by atoms with Crippen LogP contribution >= 0.6 is 30.6 Å². The van der Waals surface area contributed by atoms with E-state index in [1.807, 2.05) is 0 Å². The maximum Gasteiger partial charge on any atom is 0.171 e. The lowest BCUT2D eigenvalue weighted by Crippen LogP contribution is -1.47. The van der Waals surface area contributed by atoms with Gasteiger partial charge >= 0.3 is 0 Å². The van der Waals surface area contributed by atoms with E-state index in [0.29, 0.717) is 0 Å². The third-order valence-corrected chi connectivity index (χ3v) is 0.500. The second-order valence-corrected chi connectivity index (χ2v) is 9.18. The quantitative estimate of drug-likeness (QED) is 0.494. The van der Waals surface area contributed by atoms with Gasteiger partial charge in [-0.3, -0.25) is 0 Å². The van der Waals surface area contributed by atoms with Crippen LogP contribution in [0.15, 0.2) is 0 Å². The molecule has 0 radical (unpaired) electrons. The van der Waals surface area contributed by atoms with Crippen LogP contribution in [0, 0.1) is 0 Å². The van der Waals surface area contributed by atoms with E-state index < -0.39 is 0 Å². The van der Waals surface area contributed by atoms with Crippen molar-refractivity contribution in [1.29, 1.82) is 0 Å². The summed E-state index contributed by atoms with van der Waals surface area (Å²) in [6, 6.07) is 0. The molecular weight excluding hydrogens is 236 g/mol. The fraction of sp³-hybridized carbons (Fsp3) is 1.00. The van der Waals surface area contributed by atoms with Crippen LogP contribution in [0.3, 0.4) is 0 Å². The molecule has 0 bridgehead atoms. The van der Waals surface area contributed by atoms with E-state index in [2.05, 4.69) is 44.4 Å². The molecule has 7 heavy (non-hydrogen) atoms.